The SMILES string of the molecule is Brc1n[nH]c(C2CCSCC2)n1. The lowest BCUT2D eigenvalue weighted by molar-refractivity contribution is 0.601. The summed E-state index contributed by atoms with van der Waals surface area (Å²) in [4.78, 5) is 4.28. The maximum atomic E-state index is 4.28. The summed E-state index contributed by atoms with van der Waals surface area (Å²) in [5.41, 5.74) is 0. The average Bonchev–Trinajstić information content (AvgIpc) is 2.54. The summed E-state index contributed by atoms with van der Waals surface area (Å²) in [6, 6.07) is 0. The Morgan fingerprint density at radius 2 is 2.17 bits per heavy atom. The van der Waals surface area contributed by atoms with Crippen molar-refractivity contribution in [2.24, 2.45) is 0 Å². The van der Waals surface area contributed by atoms with Crippen LogP contribution >= 0.6 is 27.7 Å². The predicted molar refractivity (Wildman–Crippen MR) is 53.4 cm³/mol. The summed E-state index contributed by atoms with van der Waals surface area (Å²) in [5, 5.41) is 6.92. The van der Waals surface area contributed by atoms with Gasteiger partial charge in [-0.3, -0.25) is 5.10 Å². The van der Waals surface area contributed by atoms with Crippen molar-refractivity contribution < 1.29 is 0 Å². The van der Waals surface area contributed by atoms with Gasteiger partial charge in [0.2, 0.25) is 4.73 Å². The van der Waals surface area contributed by atoms with Crippen molar-refractivity contribution in [3.8, 4) is 0 Å². The van der Waals surface area contributed by atoms with Gasteiger partial charge in [-0.2, -0.15) is 11.8 Å². The summed E-state index contributed by atoms with van der Waals surface area (Å²) in [6.07, 6.45) is 2.46. The van der Waals surface area contributed by atoms with E-state index in [9.17, 15) is 0 Å². The second-order valence-electron chi connectivity index (χ2n) is 2.88. The molecule has 0 aliphatic carbocycles. The van der Waals surface area contributed by atoms with Gasteiger partial charge in [0.1, 0.15) is 5.82 Å². The highest BCUT2D eigenvalue weighted by atomic mass is 79.9. The molecule has 12 heavy (non-hydrogen) atoms. The third kappa shape index (κ3) is 1.82. The van der Waals surface area contributed by atoms with Crippen molar-refractivity contribution in [3.63, 3.8) is 0 Å². The molecule has 1 aliphatic rings. The van der Waals surface area contributed by atoms with E-state index in [1.807, 2.05) is 11.8 Å². The van der Waals surface area contributed by atoms with Gasteiger partial charge >= 0.3 is 0 Å². The van der Waals surface area contributed by atoms with Crippen LogP contribution in [0.3, 0.4) is 0 Å². The fourth-order valence-corrected chi connectivity index (χ4v) is 2.79. The first-order valence-corrected chi connectivity index (χ1v) is 5.96. The number of rotatable bonds is 1. The van der Waals surface area contributed by atoms with Gasteiger partial charge in [-0.15, -0.1) is 5.10 Å². The van der Waals surface area contributed by atoms with Crippen LogP contribution in [0.25, 0.3) is 0 Å². The van der Waals surface area contributed by atoms with Crippen molar-refractivity contribution in [3.05, 3.63) is 10.6 Å². The van der Waals surface area contributed by atoms with Gasteiger partial charge in [0.05, 0.1) is 0 Å². The van der Waals surface area contributed by atoms with E-state index in [4.69, 9.17) is 0 Å². The largest absolute Gasteiger partial charge is 0.262 e. The molecule has 0 bridgehead atoms. The second kappa shape index (κ2) is 3.79. The maximum absolute atomic E-state index is 4.28. The second-order valence-corrected chi connectivity index (χ2v) is 4.81. The number of hydrogen-bond acceptors (Lipinski definition) is 3. The first-order chi connectivity index (χ1) is 5.86. The number of aromatic nitrogens is 3. The maximum Gasteiger partial charge on any atom is 0.217 e. The van der Waals surface area contributed by atoms with Gasteiger partial charge in [-0.05, 0) is 40.3 Å². The van der Waals surface area contributed by atoms with Crippen LogP contribution in [-0.4, -0.2) is 26.7 Å². The number of halogens is 1. The summed E-state index contributed by atoms with van der Waals surface area (Å²) < 4.78 is 0.677. The Bertz CT molecular complexity index is 257. The van der Waals surface area contributed by atoms with E-state index in [2.05, 4.69) is 31.1 Å². The molecule has 0 atom stereocenters. The van der Waals surface area contributed by atoms with E-state index in [1.54, 1.807) is 0 Å². The van der Waals surface area contributed by atoms with Crippen LogP contribution in [0, 0.1) is 0 Å². The molecule has 3 nitrogen and oxygen atoms in total. The topological polar surface area (TPSA) is 41.6 Å². The van der Waals surface area contributed by atoms with Crippen LogP contribution in [0.2, 0.25) is 0 Å². The first kappa shape index (κ1) is 8.56. The molecule has 1 aliphatic heterocycles. The van der Waals surface area contributed by atoms with Crippen LogP contribution in [0.4, 0.5) is 0 Å². The standard InChI is InChI=1S/C7H10BrN3S/c8-7-9-6(10-11-7)5-1-3-12-4-2-5/h5H,1-4H2,(H,9,10,11). The Kier molecular flexibility index (Phi) is 2.70. The third-order valence-electron chi connectivity index (χ3n) is 2.08. The van der Waals surface area contributed by atoms with Crippen LogP contribution < -0.4 is 0 Å². The summed E-state index contributed by atoms with van der Waals surface area (Å²) >= 11 is 5.27. The van der Waals surface area contributed by atoms with Crippen LogP contribution in [0.5, 0.6) is 0 Å². The molecular weight excluding hydrogens is 238 g/mol. The van der Waals surface area contributed by atoms with Gasteiger partial charge in [0.15, 0.2) is 0 Å². The number of hydrogen-bond donors (Lipinski definition) is 1. The van der Waals surface area contributed by atoms with Crippen molar-refractivity contribution in [1.82, 2.24) is 15.2 Å². The zero-order valence-electron chi connectivity index (χ0n) is 6.59. The molecular formula is C7H10BrN3S. The normalized spacial score (nSPS) is 19.8. The lowest BCUT2D eigenvalue weighted by atomic mass is 10.0. The highest BCUT2D eigenvalue weighted by Crippen LogP contribution is 2.29. The van der Waals surface area contributed by atoms with Crippen molar-refractivity contribution in [2.45, 2.75) is 18.8 Å². The number of aromatic amines is 1. The molecule has 1 aromatic heterocycles. The molecule has 1 aromatic rings. The lowest BCUT2D eigenvalue weighted by Gasteiger charge is -2.18. The van der Waals surface area contributed by atoms with Crippen LogP contribution in [-0.2, 0) is 0 Å². The summed E-state index contributed by atoms with van der Waals surface area (Å²) in [5.74, 6) is 4.15. The van der Waals surface area contributed by atoms with Gasteiger partial charge in [-0.1, -0.05) is 0 Å². The van der Waals surface area contributed by atoms with Crippen LogP contribution in [0.1, 0.15) is 24.6 Å². The molecule has 0 radical (unpaired) electrons. The molecule has 0 amide bonds. The van der Waals surface area contributed by atoms with E-state index < -0.39 is 0 Å². The van der Waals surface area contributed by atoms with Crippen molar-refractivity contribution >= 4 is 27.7 Å². The quantitative estimate of drug-likeness (QED) is 0.828. The summed E-state index contributed by atoms with van der Waals surface area (Å²) in [6.45, 7) is 0. The van der Waals surface area contributed by atoms with Gasteiger partial charge in [-0.25, -0.2) is 4.98 Å². The monoisotopic (exact) mass is 247 g/mol. The highest BCUT2D eigenvalue weighted by molar-refractivity contribution is 9.10. The number of H-pyrrole nitrogens is 1. The first-order valence-electron chi connectivity index (χ1n) is 4.02. The Hall–Kier alpha value is -0.0300. The minimum atomic E-state index is 0.602. The van der Waals surface area contributed by atoms with E-state index in [0.717, 1.165) is 5.82 Å². The molecule has 2 heterocycles. The Labute approximate surface area is 83.9 Å². The summed E-state index contributed by atoms with van der Waals surface area (Å²) in [7, 11) is 0. The van der Waals surface area contributed by atoms with Crippen molar-refractivity contribution in [2.75, 3.05) is 11.5 Å². The molecule has 0 unspecified atom stereocenters. The fraction of sp³-hybridized carbons (Fsp3) is 0.714. The minimum absolute atomic E-state index is 0.602. The third-order valence-corrected chi connectivity index (χ3v) is 3.49. The van der Waals surface area contributed by atoms with E-state index in [0.29, 0.717) is 10.7 Å². The van der Waals surface area contributed by atoms with Gasteiger partial charge in [0, 0.05) is 5.92 Å². The molecule has 2 rings (SSSR count). The van der Waals surface area contributed by atoms with Crippen molar-refractivity contribution in [1.29, 1.82) is 0 Å². The van der Waals surface area contributed by atoms with Gasteiger partial charge in [0.25, 0.3) is 0 Å². The molecule has 1 fully saturated rings. The molecule has 1 saturated heterocycles. The molecule has 0 aromatic carbocycles. The Balaban J connectivity index is 2.08. The minimum Gasteiger partial charge on any atom is -0.262 e. The van der Waals surface area contributed by atoms with E-state index in [1.165, 1.54) is 24.3 Å². The van der Waals surface area contributed by atoms with E-state index >= 15 is 0 Å². The predicted octanol–water partition coefficient (Wildman–Crippen LogP) is 2.18. The zero-order chi connectivity index (χ0) is 8.39. The molecule has 0 spiro atoms. The van der Waals surface area contributed by atoms with E-state index in [-0.39, 0.29) is 0 Å². The molecule has 1 N–H and O–H groups in total. The Morgan fingerprint density at radius 1 is 1.42 bits per heavy atom. The number of nitrogens with zero attached hydrogens (tertiary/aromatic N) is 2. The molecule has 0 saturated carbocycles. The smallest absolute Gasteiger partial charge is 0.217 e. The number of thioether (sulfide) groups is 1. The zero-order valence-corrected chi connectivity index (χ0v) is 8.99. The number of nitrogens with one attached hydrogen (secondary N) is 1. The van der Waals surface area contributed by atoms with Crippen LogP contribution in [0.15, 0.2) is 4.73 Å². The average molecular weight is 248 g/mol. The lowest BCUT2D eigenvalue weighted by Crippen LogP contribution is -2.09. The molecule has 66 valence electrons. The highest BCUT2D eigenvalue weighted by Gasteiger charge is 2.18. The fourth-order valence-electron chi connectivity index (χ4n) is 1.41. The molecule has 5 heteroatoms. The Morgan fingerprint density at radius 3 is 2.75 bits per heavy atom. The van der Waals surface area contributed by atoms with Gasteiger partial charge < -0.3 is 0 Å².